The van der Waals surface area contributed by atoms with Gasteiger partial charge in [0.15, 0.2) is 0 Å². The fourth-order valence-corrected chi connectivity index (χ4v) is 2.37. The van der Waals surface area contributed by atoms with E-state index < -0.39 is 11.6 Å². The molecule has 0 bridgehead atoms. The normalized spacial score (nSPS) is 10.7. The minimum Gasteiger partial charge on any atom is -0.360 e. The number of nitrogens with one attached hydrogen (secondary N) is 1. The zero-order valence-electron chi connectivity index (χ0n) is 13.4. The highest BCUT2D eigenvalue weighted by Crippen LogP contribution is 2.22. The van der Waals surface area contributed by atoms with Crippen LogP contribution in [0, 0.1) is 18.6 Å². The Kier molecular flexibility index (Phi) is 5.32. The van der Waals surface area contributed by atoms with Crippen LogP contribution in [-0.4, -0.2) is 18.5 Å². The Morgan fingerprint density at radius 1 is 1.17 bits per heavy atom. The van der Waals surface area contributed by atoms with E-state index in [-0.39, 0.29) is 24.2 Å². The van der Waals surface area contributed by atoms with Gasteiger partial charge in [0.2, 0.25) is 5.91 Å². The van der Waals surface area contributed by atoms with Crippen molar-refractivity contribution in [3.8, 4) is 0 Å². The summed E-state index contributed by atoms with van der Waals surface area (Å²) in [5, 5.41) is 2.49. The molecule has 0 aliphatic rings. The van der Waals surface area contributed by atoms with Crippen molar-refractivity contribution in [2.24, 2.45) is 0 Å². The summed E-state index contributed by atoms with van der Waals surface area (Å²) in [6.45, 7) is 6.03. The first-order valence-electron chi connectivity index (χ1n) is 7.45. The standard InChI is InChI=1S/C18H20F2N2O/c1-12(2)22(17-7-5-4-6-13(17)3)11-18(23)21-16-9-8-14(19)10-15(16)20/h4-10,12H,11H2,1-3H3,(H,21,23). The van der Waals surface area contributed by atoms with Crippen LogP contribution in [0.1, 0.15) is 19.4 Å². The Hall–Kier alpha value is -2.43. The molecule has 23 heavy (non-hydrogen) atoms. The van der Waals surface area contributed by atoms with Crippen LogP contribution < -0.4 is 10.2 Å². The van der Waals surface area contributed by atoms with Gasteiger partial charge in [0.1, 0.15) is 11.6 Å². The van der Waals surface area contributed by atoms with Crippen LogP contribution in [0.5, 0.6) is 0 Å². The van der Waals surface area contributed by atoms with Crippen LogP contribution >= 0.6 is 0 Å². The van der Waals surface area contributed by atoms with Gasteiger partial charge in [-0.05, 0) is 44.5 Å². The predicted octanol–water partition coefficient (Wildman–Crippen LogP) is 4.13. The molecule has 2 aromatic rings. The molecule has 2 aromatic carbocycles. The second kappa shape index (κ2) is 7.22. The number of nitrogens with zero attached hydrogens (tertiary/aromatic N) is 1. The van der Waals surface area contributed by atoms with E-state index in [1.54, 1.807) is 0 Å². The number of carbonyl (C=O) groups excluding carboxylic acids is 1. The fraction of sp³-hybridized carbons (Fsp3) is 0.278. The molecule has 0 heterocycles. The summed E-state index contributed by atoms with van der Waals surface area (Å²) in [6.07, 6.45) is 0. The van der Waals surface area contributed by atoms with Crippen molar-refractivity contribution in [3.05, 3.63) is 59.7 Å². The SMILES string of the molecule is Cc1ccccc1N(CC(=O)Nc1ccc(F)cc1F)C(C)C. The quantitative estimate of drug-likeness (QED) is 0.899. The molecule has 0 radical (unpaired) electrons. The zero-order valence-corrected chi connectivity index (χ0v) is 13.4. The third kappa shape index (κ3) is 4.28. The molecule has 0 fully saturated rings. The average molecular weight is 318 g/mol. The van der Waals surface area contributed by atoms with E-state index in [0.29, 0.717) is 0 Å². The van der Waals surface area contributed by atoms with Gasteiger partial charge in [-0.25, -0.2) is 8.78 Å². The Bertz CT molecular complexity index is 701. The van der Waals surface area contributed by atoms with Crippen molar-refractivity contribution < 1.29 is 13.6 Å². The van der Waals surface area contributed by atoms with Crippen LogP contribution in [0.15, 0.2) is 42.5 Å². The van der Waals surface area contributed by atoms with Crippen molar-refractivity contribution in [1.82, 2.24) is 0 Å². The number of hydrogen-bond donors (Lipinski definition) is 1. The van der Waals surface area contributed by atoms with Crippen molar-refractivity contribution in [1.29, 1.82) is 0 Å². The first-order valence-corrected chi connectivity index (χ1v) is 7.45. The lowest BCUT2D eigenvalue weighted by molar-refractivity contribution is -0.115. The first-order chi connectivity index (χ1) is 10.9. The van der Waals surface area contributed by atoms with Crippen molar-refractivity contribution in [2.45, 2.75) is 26.8 Å². The lowest BCUT2D eigenvalue weighted by Crippen LogP contribution is -2.38. The highest BCUT2D eigenvalue weighted by Gasteiger charge is 2.17. The molecular weight excluding hydrogens is 298 g/mol. The number of para-hydroxylation sites is 1. The van der Waals surface area contributed by atoms with Crippen LogP contribution in [-0.2, 0) is 4.79 Å². The molecule has 0 aromatic heterocycles. The molecule has 3 nitrogen and oxygen atoms in total. The van der Waals surface area contributed by atoms with E-state index in [4.69, 9.17) is 0 Å². The third-order valence-corrected chi connectivity index (χ3v) is 3.57. The molecule has 0 saturated carbocycles. The number of carbonyl (C=O) groups is 1. The van der Waals surface area contributed by atoms with Crippen LogP contribution in [0.3, 0.4) is 0 Å². The summed E-state index contributed by atoms with van der Waals surface area (Å²) in [6, 6.07) is 10.9. The molecule has 1 amide bonds. The molecular formula is C18H20F2N2O. The summed E-state index contributed by atoms with van der Waals surface area (Å²) in [5.41, 5.74) is 1.99. The maximum atomic E-state index is 13.6. The molecule has 0 unspecified atom stereocenters. The van der Waals surface area contributed by atoms with Crippen LogP contribution in [0.25, 0.3) is 0 Å². The van der Waals surface area contributed by atoms with Gasteiger partial charge in [-0.1, -0.05) is 18.2 Å². The Morgan fingerprint density at radius 3 is 2.48 bits per heavy atom. The van der Waals surface area contributed by atoms with E-state index in [0.717, 1.165) is 23.4 Å². The number of hydrogen-bond acceptors (Lipinski definition) is 2. The summed E-state index contributed by atoms with van der Waals surface area (Å²) >= 11 is 0. The van der Waals surface area contributed by atoms with Gasteiger partial charge >= 0.3 is 0 Å². The highest BCUT2D eigenvalue weighted by molar-refractivity contribution is 5.94. The predicted molar refractivity (Wildman–Crippen MR) is 88.6 cm³/mol. The smallest absolute Gasteiger partial charge is 0.243 e. The van der Waals surface area contributed by atoms with Crippen molar-refractivity contribution in [2.75, 3.05) is 16.8 Å². The van der Waals surface area contributed by atoms with Crippen molar-refractivity contribution >= 4 is 17.3 Å². The Morgan fingerprint density at radius 2 is 1.87 bits per heavy atom. The third-order valence-electron chi connectivity index (χ3n) is 3.57. The summed E-state index contributed by atoms with van der Waals surface area (Å²) in [5.74, 6) is -1.82. The van der Waals surface area contributed by atoms with Gasteiger partial charge in [-0.3, -0.25) is 4.79 Å². The minimum absolute atomic E-state index is 0.0233. The zero-order chi connectivity index (χ0) is 17.0. The van der Waals surface area contributed by atoms with Gasteiger partial charge in [0.05, 0.1) is 12.2 Å². The molecule has 0 aliphatic carbocycles. The number of halogens is 2. The Labute approximate surface area is 134 Å². The Balaban J connectivity index is 2.14. The summed E-state index contributed by atoms with van der Waals surface area (Å²) in [4.78, 5) is 14.2. The molecule has 122 valence electrons. The molecule has 0 aliphatic heterocycles. The summed E-state index contributed by atoms with van der Waals surface area (Å²) < 4.78 is 26.5. The van der Waals surface area contributed by atoms with Gasteiger partial charge in [-0.15, -0.1) is 0 Å². The maximum Gasteiger partial charge on any atom is 0.243 e. The second-order valence-electron chi connectivity index (χ2n) is 5.68. The summed E-state index contributed by atoms with van der Waals surface area (Å²) in [7, 11) is 0. The minimum atomic E-state index is -0.787. The molecule has 0 atom stereocenters. The number of aryl methyl sites for hydroxylation is 1. The van der Waals surface area contributed by atoms with Crippen LogP contribution in [0.4, 0.5) is 20.2 Å². The van der Waals surface area contributed by atoms with E-state index in [1.807, 2.05) is 49.9 Å². The lowest BCUT2D eigenvalue weighted by atomic mass is 10.1. The van der Waals surface area contributed by atoms with Gasteiger partial charge in [0.25, 0.3) is 0 Å². The van der Waals surface area contributed by atoms with E-state index >= 15 is 0 Å². The van der Waals surface area contributed by atoms with Gasteiger partial charge in [0, 0.05) is 17.8 Å². The molecule has 5 heteroatoms. The van der Waals surface area contributed by atoms with Gasteiger partial charge in [-0.2, -0.15) is 0 Å². The topological polar surface area (TPSA) is 32.3 Å². The van der Waals surface area contributed by atoms with E-state index in [2.05, 4.69) is 5.32 Å². The van der Waals surface area contributed by atoms with Crippen molar-refractivity contribution in [3.63, 3.8) is 0 Å². The highest BCUT2D eigenvalue weighted by atomic mass is 19.1. The lowest BCUT2D eigenvalue weighted by Gasteiger charge is -2.29. The fourth-order valence-electron chi connectivity index (χ4n) is 2.37. The van der Waals surface area contributed by atoms with E-state index in [1.165, 1.54) is 6.07 Å². The number of anilines is 2. The molecule has 2 rings (SSSR count). The monoisotopic (exact) mass is 318 g/mol. The first kappa shape index (κ1) is 16.9. The number of amides is 1. The maximum absolute atomic E-state index is 13.6. The van der Waals surface area contributed by atoms with Gasteiger partial charge < -0.3 is 10.2 Å². The number of benzene rings is 2. The second-order valence-corrected chi connectivity index (χ2v) is 5.68. The number of rotatable bonds is 5. The largest absolute Gasteiger partial charge is 0.360 e. The molecule has 0 saturated heterocycles. The van der Waals surface area contributed by atoms with Crippen LogP contribution in [0.2, 0.25) is 0 Å². The molecule has 0 spiro atoms. The average Bonchev–Trinajstić information content (AvgIpc) is 2.48. The molecule has 1 N–H and O–H groups in total. The van der Waals surface area contributed by atoms with E-state index in [9.17, 15) is 13.6 Å².